The molecule has 2 rings (SSSR count). The van der Waals surface area contributed by atoms with Gasteiger partial charge in [0.25, 0.3) is 0 Å². The van der Waals surface area contributed by atoms with Gasteiger partial charge in [0, 0.05) is 27.7 Å². The van der Waals surface area contributed by atoms with Gasteiger partial charge in [-0.25, -0.2) is 21.6 Å². The molecule has 0 radical (unpaired) electrons. The van der Waals surface area contributed by atoms with Crippen molar-refractivity contribution in [2.45, 2.75) is 41.9 Å². The maximum atomic E-state index is 12.6. The van der Waals surface area contributed by atoms with Gasteiger partial charge in [-0.1, -0.05) is 25.7 Å². The van der Waals surface area contributed by atoms with Crippen LogP contribution in [0.4, 0.5) is 0 Å². The summed E-state index contributed by atoms with van der Waals surface area (Å²) in [5.41, 5.74) is 0. The predicted molar refractivity (Wildman–Crippen MR) is 104 cm³/mol. The number of ether oxygens (including phenoxy) is 1. The van der Waals surface area contributed by atoms with Crippen LogP contribution in [0.15, 0.2) is 34.1 Å². The molecule has 1 aliphatic rings. The van der Waals surface area contributed by atoms with E-state index in [1.54, 1.807) is 0 Å². The fraction of sp³-hybridized carbons (Fsp3) is 0.625. The van der Waals surface area contributed by atoms with Crippen molar-refractivity contribution in [1.82, 2.24) is 9.03 Å². The zero-order valence-corrected chi connectivity index (χ0v) is 18.2. The monoisotopic (exact) mass is 420 g/mol. The van der Waals surface area contributed by atoms with Gasteiger partial charge in [-0.05, 0) is 30.7 Å². The molecule has 1 N–H and O–H groups in total. The van der Waals surface area contributed by atoms with Crippen LogP contribution in [0.2, 0.25) is 25.7 Å². The van der Waals surface area contributed by atoms with E-state index in [9.17, 15) is 16.8 Å². The van der Waals surface area contributed by atoms with Crippen LogP contribution in [-0.2, 0) is 24.8 Å². The van der Waals surface area contributed by atoms with Crippen LogP contribution in [0.25, 0.3) is 0 Å². The lowest BCUT2D eigenvalue weighted by Crippen LogP contribution is -2.40. The number of hydrogen-bond donors (Lipinski definition) is 1. The molecule has 1 heterocycles. The number of rotatable bonds is 8. The molecule has 0 amide bonds. The van der Waals surface area contributed by atoms with E-state index in [1.165, 1.54) is 28.6 Å². The molecule has 148 valence electrons. The van der Waals surface area contributed by atoms with Crippen molar-refractivity contribution in [3.05, 3.63) is 24.3 Å². The van der Waals surface area contributed by atoms with Crippen molar-refractivity contribution in [3.8, 4) is 0 Å². The van der Waals surface area contributed by atoms with E-state index in [2.05, 4.69) is 24.4 Å². The summed E-state index contributed by atoms with van der Waals surface area (Å²) in [7, 11) is -8.44. The van der Waals surface area contributed by atoms with Crippen LogP contribution in [0.1, 0.15) is 6.42 Å². The Morgan fingerprint density at radius 2 is 1.54 bits per heavy atom. The Balaban J connectivity index is 2.03. The van der Waals surface area contributed by atoms with Gasteiger partial charge in [-0.3, -0.25) is 0 Å². The topological polar surface area (TPSA) is 92.8 Å². The van der Waals surface area contributed by atoms with Gasteiger partial charge < -0.3 is 4.74 Å². The SMILES string of the molecule is C[Si](C)(C)CCCNS(=O)(=O)c1ccc(S(=O)(=O)N2CCOCC2)cc1. The van der Waals surface area contributed by atoms with E-state index in [0.29, 0.717) is 32.8 Å². The lowest BCUT2D eigenvalue weighted by atomic mass is 10.4. The summed E-state index contributed by atoms with van der Waals surface area (Å²) in [4.78, 5) is 0.170. The predicted octanol–water partition coefficient (Wildman–Crippen LogP) is 1.71. The summed E-state index contributed by atoms with van der Waals surface area (Å²) in [6.45, 7) is 8.47. The Hall–Kier alpha value is -0.783. The van der Waals surface area contributed by atoms with Gasteiger partial charge in [0.1, 0.15) is 0 Å². The molecular weight excluding hydrogens is 392 g/mol. The first-order chi connectivity index (χ1) is 12.0. The lowest BCUT2D eigenvalue weighted by Gasteiger charge is -2.26. The van der Waals surface area contributed by atoms with Gasteiger partial charge in [0.05, 0.1) is 23.0 Å². The highest BCUT2D eigenvalue weighted by Crippen LogP contribution is 2.19. The second-order valence-electron chi connectivity index (χ2n) is 7.55. The summed E-state index contributed by atoms with van der Waals surface area (Å²) in [6.07, 6.45) is 0.804. The van der Waals surface area contributed by atoms with Gasteiger partial charge in [0.15, 0.2) is 0 Å². The van der Waals surface area contributed by atoms with Crippen molar-refractivity contribution in [2.75, 3.05) is 32.8 Å². The van der Waals surface area contributed by atoms with Crippen molar-refractivity contribution >= 4 is 28.1 Å². The third-order valence-electron chi connectivity index (χ3n) is 4.14. The van der Waals surface area contributed by atoms with E-state index in [0.717, 1.165) is 12.5 Å². The maximum Gasteiger partial charge on any atom is 0.243 e. The third-order valence-corrected chi connectivity index (χ3v) is 9.38. The molecule has 0 aliphatic carbocycles. The average molecular weight is 421 g/mol. The Kier molecular flexibility index (Phi) is 7.02. The molecule has 1 aliphatic heterocycles. The van der Waals surface area contributed by atoms with Crippen molar-refractivity contribution in [3.63, 3.8) is 0 Å². The first-order valence-corrected chi connectivity index (χ1v) is 15.3. The lowest BCUT2D eigenvalue weighted by molar-refractivity contribution is 0.0730. The molecule has 0 spiro atoms. The van der Waals surface area contributed by atoms with E-state index in [-0.39, 0.29) is 9.79 Å². The summed E-state index contributed by atoms with van der Waals surface area (Å²) in [5, 5.41) is 0. The smallest absolute Gasteiger partial charge is 0.243 e. The van der Waals surface area contributed by atoms with Crippen LogP contribution < -0.4 is 4.72 Å². The highest BCUT2D eigenvalue weighted by atomic mass is 32.2. The van der Waals surface area contributed by atoms with Crippen molar-refractivity contribution in [2.24, 2.45) is 0 Å². The van der Waals surface area contributed by atoms with E-state index in [1.807, 2.05) is 0 Å². The fourth-order valence-electron chi connectivity index (χ4n) is 2.64. The normalized spacial score (nSPS) is 17.3. The van der Waals surface area contributed by atoms with Gasteiger partial charge in [0.2, 0.25) is 20.0 Å². The number of nitrogens with zero attached hydrogens (tertiary/aromatic N) is 1. The van der Waals surface area contributed by atoms with Crippen LogP contribution in [-0.4, -0.2) is 62.1 Å². The zero-order valence-electron chi connectivity index (χ0n) is 15.6. The molecule has 0 bridgehead atoms. The minimum Gasteiger partial charge on any atom is -0.379 e. The van der Waals surface area contributed by atoms with Crippen LogP contribution in [0.5, 0.6) is 0 Å². The van der Waals surface area contributed by atoms with Crippen molar-refractivity contribution < 1.29 is 21.6 Å². The number of sulfonamides is 2. The van der Waals surface area contributed by atoms with Gasteiger partial charge >= 0.3 is 0 Å². The fourth-order valence-corrected chi connectivity index (χ4v) is 6.35. The molecule has 1 aromatic carbocycles. The molecule has 26 heavy (non-hydrogen) atoms. The Morgan fingerprint density at radius 1 is 1.00 bits per heavy atom. The molecule has 7 nitrogen and oxygen atoms in total. The van der Waals surface area contributed by atoms with Crippen LogP contribution in [0.3, 0.4) is 0 Å². The molecule has 1 aromatic rings. The Bertz CT molecular complexity index is 796. The summed E-state index contributed by atoms with van der Waals surface area (Å²) >= 11 is 0. The second-order valence-corrected chi connectivity index (χ2v) is 16.9. The zero-order chi connectivity index (χ0) is 19.4. The molecular formula is C16H28N2O5S2Si. The van der Waals surface area contributed by atoms with Gasteiger partial charge in [-0.15, -0.1) is 0 Å². The summed E-state index contributed by atoms with van der Waals surface area (Å²) < 4.78 is 58.9. The Labute approximate surface area is 157 Å². The van der Waals surface area contributed by atoms with Crippen LogP contribution >= 0.6 is 0 Å². The van der Waals surface area contributed by atoms with E-state index < -0.39 is 28.1 Å². The number of hydrogen-bond acceptors (Lipinski definition) is 5. The summed E-state index contributed by atoms with van der Waals surface area (Å²) in [5.74, 6) is 0. The molecule has 1 saturated heterocycles. The quantitative estimate of drug-likeness (QED) is 0.510. The summed E-state index contributed by atoms with van der Waals surface area (Å²) in [6, 6.07) is 6.43. The standard InChI is InChI=1S/C16H28N2O5S2Si/c1-26(2,3)14-4-9-17-24(19,20)15-5-7-16(8-6-15)25(21,22)18-10-12-23-13-11-18/h5-8,17H,4,9-14H2,1-3H3. The van der Waals surface area contributed by atoms with E-state index in [4.69, 9.17) is 4.74 Å². The van der Waals surface area contributed by atoms with Crippen LogP contribution in [0, 0.1) is 0 Å². The third kappa shape index (κ3) is 5.86. The number of morpholine rings is 1. The Morgan fingerprint density at radius 3 is 2.08 bits per heavy atom. The average Bonchev–Trinajstić information content (AvgIpc) is 2.59. The van der Waals surface area contributed by atoms with Crippen molar-refractivity contribution in [1.29, 1.82) is 0 Å². The first-order valence-electron chi connectivity index (χ1n) is 8.70. The highest BCUT2D eigenvalue weighted by molar-refractivity contribution is 7.89. The molecule has 0 saturated carbocycles. The van der Waals surface area contributed by atoms with Gasteiger partial charge in [-0.2, -0.15) is 4.31 Å². The molecule has 1 fully saturated rings. The maximum absolute atomic E-state index is 12.6. The highest BCUT2D eigenvalue weighted by Gasteiger charge is 2.26. The molecule has 0 atom stereocenters. The molecule has 0 aromatic heterocycles. The number of benzene rings is 1. The molecule has 10 heteroatoms. The minimum atomic E-state index is -3.63. The largest absolute Gasteiger partial charge is 0.379 e. The minimum absolute atomic E-state index is 0.0754. The second kappa shape index (κ2) is 8.49. The molecule has 0 unspecified atom stereocenters. The first kappa shape index (κ1) is 21.5. The number of nitrogens with one attached hydrogen (secondary N) is 1. The van der Waals surface area contributed by atoms with E-state index >= 15 is 0 Å².